The number of ether oxygens (including phenoxy) is 1. The van der Waals surface area contributed by atoms with Crippen molar-refractivity contribution in [2.75, 3.05) is 33.3 Å². The highest BCUT2D eigenvalue weighted by molar-refractivity contribution is 5.85. The zero-order valence-electron chi connectivity index (χ0n) is 16.4. The number of amides is 2. The summed E-state index contributed by atoms with van der Waals surface area (Å²) in [4.78, 5) is 38.8. The number of nitrogens with zero attached hydrogens (tertiary/aromatic N) is 2. The van der Waals surface area contributed by atoms with E-state index in [4.69, 9.17) is 9.84 Å². The van der Waals surface area contributed by atoms with Crippen molar-refractivity contribution in [2.24, 2.45) is 5.92 Å². The average molecular weight is 388 g/mol. The van der Waals surface area contributed by atoms with Crippen molar-refractivity contribution in [1.82, 2.24) is 9.80 Å². The third-order valence-electron chi connectivity index (χ3n) is 5.60. The monoisotopic (exact) mass is 388 g/mol. The maximum atomic E-state index is 12.4. The molecule has 0 spiro atoms. The Morgan fingerprint density at radius 3 is 2.68 bits per heavy atom. The van der Waals surface area contributed by atoms with Crippen LogP contribution in [0.2, 0.25) is 0 Å². The molecule has 2 aliphatic rings. The highest BCUT2D eigenvalue weighted by Crippen LogP contribution is 2.25. The van der Waals surface area contributed by atoms with Gasteiger partial charge in [-0.1, -0.05) is 6.07 Å². The fourth-order valence-corrected chi connectivity index (χ4v) is 3.85. The first-order valence-electron chi connectivity index (χ1n) is 9.93. The van der Waals surface area contributed by atoms with Gasteiger partial charge in [-0.3, -0.25) is 14.4 Å². The molecule has 2 amide bonds. The Balaban J connectivity index is 1.48. The van der Waals surface area contributed by atoms with E-state index < -0.39 is 11.9 Å². The number of likely N-dealkylation sites (N-methyl/N-ethyl adjacent to an activating group) is 1. The maximum Gasteiger partial charge on any atom is 0.308 e. The van der Waals surface area contributed by atoms with Crippen molar-refractivity contribution in [3.63, 3.8) is 0 Å². The van der Waals surface area contributed by atoms with Gasteiger partial charge in [-0.25, -0.2) is 0 Å². The lowest BCUT2D eigenvalue weighted by Gasteiger charge is -2.32. The summed E-state index contributed by atoms with van der Waals surface area (Å²) in [6.45, 7) is 0.553. The van der Waals surface area contributed by atoms with Crippen molar-refractivity contribution in [1.29, 1.82) is 0 Å². The molecule has 1 unspecified atom stereocenters. The number of carboxylic acids is 1. The van der Waals surface area contributed by atoms with Crippen molar-refractivity contribution >= 4 is 17.8 Å². The number of hydrogen-bond acceptors (Lipinski definition) is 4. The topological polar surface area (TPSA) is 87.2 Å². The lowest BCUT2D eigenvalue weighted by atomic mass is 9.92. The minimum absolute atomic E-state index is 0.0707. The molecule has 152 valence electrons. The van der Waals surface area contributed by atoms with Crippen LogP contribution >= 0.6 is 0 Å². The molecule has 7 nitrogen and oxygen atoms in total. The number of benzene rings is 1. The van der Waals surface area contributed by atoms with Crippen LogP contribution in [0.4, 0.5) is 0 Å². The molecule has 28 heavy (non-hydrogen) atoms. The summed E-state index contributed by atoms with van der Waals surface area (Å²) in [6, 6.07) is 5.96. The summed E-state index contributed by atoms with van der Waals surface area (Å²) in [7, 11) is 1.56. The van der Waals surface area contributed by atoms with Gasteiger partial charge in [0, 0.05) is 20.1 Å². The van der Waals surface area contributed by atoms with Crippen LogP contribution in [-0.4, -0.2) is 66.0 Å². The van der Waals surface area contributed by atoms with Crippen molar-refractivity contribution < 1.29 is 24.2 Å². The molecule has 1 saturated heterocycles. The summed E-state index contributed by atoms with van der Waals surface area (Å²) in [5.74, 6) is -1.23. The Morgan fingerprint density at radius 1 is 1.18 bits per heavy atom. The number of piperidine rings is 1. The standard InChI is InChI=1S/C21H28N2O5/c1-22(13-19(24)23-10-4-7-17(12-23)21(26)27)20(25)14-28-18-9-8-15-5-2-3-6-16(15)11-18/h8-9,11,17H,2-7,10,12-14H2,1H3,(H,26,27). The molecule has 1 fully saturated rings. The number of aryl methyl sites for hydroxylation is 2. The molecular formula is C21H28N2O5. The zero-order valence-corrected chi connectivity index (χ0v) is 16.4. The first kappa shape index (κ1) is 20.2. The Labute approximate surface area is 165 Å². The van der Waals surface area contributed by atoms with Crippen LogP contribution in [0.5, 0.6) is 5.75 Å². The first-order chi connectivity index (χ1) is 13.4. The second-order valence-corrected chi connectivity index (χ2v) is 7.69. The molecule has 0 aromatic heterocycles. The van der Waals surface area contributed by atoms with Crippen LogP contribution in [0.1, 0.15) is 36.8 Å². The summed E-state index contributed by atoms with van der Waals surface area (Å²) in [5.41, 5.74) is 2.65. The summed E-state index contributed by atoms with van der Waals surface area (Å²) >= 11 is 0. The van der Waals surface area contributed by atoms with Crippen LogP contribution in [0.25, 0.3) is 0 Å². The van der Waals surface area contributed by atoms with E-state index in [-0.39, 0.29) is 31.5 Å². The fraction of sp³-hybridized carbons (Fsp3) is 0.571. The lowest BCUT2D eigenvalue weighted by molar-refractivity contribution is -0.147. The SMILES string of the molecule is CN(CC(=O)N1CCCC(C(=O)O)C1)C(=O)COc1ccc2c(c1)CCCC2. The predicted molar refractivity (Wildman–Crippen MR) is 103 cm³/mol. The van der Waals surface area contributed by atoms with Crippen LogP contribution < -0.4 is 4.74 Å². The van der Waals surface area contributed by atoms with Crippen molar-refractivity contribution in [3.8, 4) is 5.75 Å². The van der Waals surface area contributed by atoms with E-state index in [9.17, 15) is 14.4 Å². The second-order valence-electron chi connectivity index (χ2n) is 7.69. The van der Waals surface area contributed by atoms with E-state index in [1.54, 1.807) is 7.05 Å². The lowest BCUT2D eigenvalue weighted by Crippen LogP contribution is -2.47. The van der Waals surface area contributed by atoms with Gasteiger partial charge in [0.2, 0.25) is 5.91 Å². The number of likely N-dealkylation sites (tertiary alicyclic amines) is 1. The summed E-state index contributed by atoms with van der Waals surface area (Å²) in [5, 5.41) is 9.14. The predicted octanol–water partition coefficient (Wildman–Crippen LogP) is 1.73. The molecule has 1 aliphatic carbocycles. The fourth-order valence-electron chi connectivity index (χ4n) is 3.85. The van der Waals surface area contributed by atoms with E-state index in [0.29, 0.717) is 25.1 Å². The van der Waals surface area contributed by atoms with Crippen LogP contribution in [0.3, 0.4) is 0 Å². The number of fused-ring (bicyclic) bond motifs is 1. The molecule has 0 radical (unpaired) electrons. The second kappa shape index (κ2) is 9.08. The Kier molecular flexibility index (Phi) is 6.54. The quantitative estimate of drug-likeness (QED) is 0.802. The van der Waals surface area contributed by atoms with Gasteiger partial charge in [-0.15, -0.1) is 0 Å². The molecule has 1 aromatic carbocycles. The van der Waals surface area contributed by atoms with Gasteiger partial charge in [0.25, 0.3) is 5.91 Å². The minimum Gasteiger partial charge on any atom is -0.484 e. The van der Waals surface area contributed by atoms with Crippen LogP contribution in [0, 0.1) is 5.92 Å². The van der Waals surface area contributed by atoms with E-state index in [0.717, 1.165) is 12.8 Å². The van der Waals surface area contributed by atoms with Gasteiger partial charge >= 0.3 is 5.97 Å². The Hall–Kier alpha value is -2.57. The number of rotatable bonds is 6. The normalized spacial score (nSPS) is 18.9. The summed E-state index contributed by atoms with van der Waals surface area (Å²) in [6.07, 6.45) is 5.79. The molecule has 1 atom stereocenters. The molecule has 0 bridgehead atoms. The molecule has 1 aromatic rings. The van der Waals surface area contributed by atoms with E-state index in [1.807, 2.05) is 12.1 Å². The Bertz CT molecular complexity index is 748. The number of hydrogen-bond donors (Lipinski definition) is 1. The number of carbonyl (C=O) groups is 3. The van der Waals surface area contributed by atoms with Crippen molar-refractivity contribution in [3.05, 3.63) is 29.3 Å². The molecule has 1 heterocycles. The first-order valence-corrected chi connectivity index (χ1v) is 9.93. The molecule has 0 saturated carbocycles. The summed E-state index contributed by atoms with van der Waals surface area (Å²) < 4.78 is 5.64. The van der Waals surface area contributed by atoms with Gasteiger partial charge in [-0.2, -0.15) is 0 Å². The van der Waals surface area contributed by atoms with Gasteiger partial charge in [0.05, 0.1) is 12.5 Å². The van der Waals surface area contributed by atoms with Gasteiger partial charge in [0.1, 0.15) is 5.75 Å². The highest BCUT2D eigenvalue weighted by atomic mass is 16.5. The zero-order chi connectivity index (χ0) is 20.1. The van der Waals surface area contributed by atoms with E-state index >= 15 is 0 Å². The third-order valence-corrected chi connectivity index (χ3v) is 5.60. The van der Waals surface area contributed by atoms with Gasteiger partial charge in [0.15, 0.2) is 6.61 Å². The largest absolute Gasteiger partial charge is 0.484 e. The molecule has 3 rings (SSSR count). The number of aliphatic carboxylic acids is 1. The Morgan fingerprint density at radius 2 is 1.93 bits per heavy atom. The number of carboxylic acid groups (broad SMARTS) is 1. The van der Waals surface area contributed by atoms with Gasteiger partial charge in [-0.05, 0) is 61.8 Å². The molecule has 1 N–H and O–H groups in total. The van der Waals surface area contributed by atoms with Crippen molar-refractivity contribution in [2.45, 2.75) is 38.5 Å². The minimum atomic E-state index is -0.875. The van der Waals surface area contributed by atoms with E-state index in [1.165, 1.54) is 33.8 Å². The molecule has 7 heteroatoms. The van der Waals surface area contributed by atoms with Gasteiger partial charge < -0.3 is 19.6 Å². The third kappa shape index (κ3) is 5.03. The van der Waals surface area contributed by atoms with E-state index in [2.05, 4.69) is 6.07 Å². The molecular weight excluding hydrogens is 360 g/mol. The number of carbonyl (C=O) groups excluding carboxylic acids is 2. The maximum absolute atomic E-state index is 12.4. The highest BCUT2D eigenvalue weighted by Gasteiger charge is 2.29. The average Bonchev–Trinajstić information content (AvgIpc) is 2.71. The smallest absolute Gasteiger partial charge is 0.308 e. The van der Waals surface area contributed by atoms with Crippen LogP contribution in [-0.2, 0) is 27.2 Å². The molecule has 1 aliphatic heterocycles. The van der Waals surface area contributed by atoms with Crippen LogP contribution in [0.15, 0.2) is 18.2 Å².